The second-order valence-corrected chi connectivity index (χ2v) is 8.78. The zero-order chi connectivity index (χ0) is 26.0. The molecule has 36 heavy (non-hydrogen) atoms. The van der Waals surface area contributed by atoms with Crippen LogP contribution in [0, 0.1) is 5.92 Å². The van der Waals surface area contributed by atoms with Crippen molar-refractivity contribution in [2.24, 2.45) is 5.92 Å². The van der Waals surface area contributed by atoms with Gasteiger partial charge in [-0.05, 0) is 47.7 Å². The molecule has 0 spiro atoms. The number of benzene rings is 2. The van der Waals surface area contributed by atoms with Crippen LogP contribution in [0.4, 0.5) is 0 Å². The van der Waals surface area contributed by atoms with Crippen molar-refractivity contribution in [3.63, 3.8) is 0 Å². The zero-order valence-corrected chi connectivity index (χ0v) is 21.2. The fourth-order valence-electron chi connectivity index (χ4n) is 5.21. The quantitative estimate of drug-likeness (QED) is 0.576. The molecule has 3 atom stereocenters. The molecule has 8 heteroatoms. The number of carbonyl (C=O) groups excluding carboxylic acids is 2. The van der Waals surface area contributed by atoms with Gasteiger partial charge in [0.15, 0.2) is 17.3 Å². The van der Waals surface area contributed by atoms with E-state index >= 15 is 0 Å². The maximum absolute atomic E-state index is 13.7. The lowest BCUT2D eigenvalue weighted by Crippen LogP contribution is -2.42. The van der Waals surface area contributed by atoms with Crippen LogP contribution in [0.5, 0.6) is 23.0 Å². The van der Waals surface area contributed by atoms with Gasteiger partial charge in [-0.15, -0.1) is 0 Å². The molecule has 0 amide bonds. The first-order valence-electron chi connectivity index (χ1n) is 11.6. The van der Waals surface area contributed by atoms with E-state index in [1.165, 1.54) is 28.4 Å². The van der Waals surface area contributed by atoms with Crippen molar-refractivity contribution in [3.05, 3.63) is 71.1 Å². The number of Topliss-reactive ketones (excluding diaryl/α,β-unsaturated/α-hetero) is 1. The third-order valence-corrected chi connectivity index (χ3v) is 6.93. The van der Waals surface area contributed by atoms with Crippen molar-refractivity contribution >= 4 is 11.8 Å². The van der Waals surface area contributed by atoms with Gasteiger partial charge in [-0.2, -0.15) is 0 Å². The van der Waals surface area contributed by atoms with Crippen molar-refractivity contribution in [1.29, 1.82) is 0 Å². The topological polar surface area (TPSA) is 92.3 Å². The first-order chi connectivity index (χ1) is 17.4. The van der Waals surface area contributed by atoms with Crippen molar-refractivity contribution in [3.8, 4) is 23.0 Å². The van der Waals surface area contributed by atoms with Crippen LogP contribution >= 0.6 is 0 Å². The lowest BCUT2D eigenvalue weighted by molar-refractivity contribution is -0.144. The predicted molar refractivity (Wildman–Crippen MR) is 134 cm³/mol. The first-order valence-corrected chi connectivity index (χ1v) is 11.6. The van der Waals surface area contributed by atoms with E-state index < -0.39 is 17.8 Å². The Balaban J connectivity index is 1.84. The molecule has 0 fully saturated rings. The minimum Gasteiger partial charge on any atom is -0.497 e. The molecule has 8 nitrogen and oxygen atoms in total. The Morgan fingerprint density at radius 2 is 1.53 bits per heavy atom. The van der Waals surface area contributed by atoms with Crippen molar-refractivity contribution < 1.29 is 33.3 Å². The molecule has 1 heterocycles. The van der Waals surface area contributed by atoms with E-state index in [4.69, 9.17) is 23.7 Å². The summed E-state index contributed by atoms with van der Waals surface area (Å²) in [5, 5.41) is 3.27. The maximum Gasteiger partial charge on any atom is 0.315 e. The summed E-state index contributed by atoms with van der Waals surface area (Å²) in [4.78, 5) is 26.7. The smallest absolute Gasteiger partial charge is 0.315 e. The highest BCUT2D eigenvalue weighted by molar-refractivity contribution is 6.01. The Hall–Kier alpha value is -3.94. The fourth-order valence-corrected chi connectivity index (χ4v) is 5.21. The molecule has 2 aromatic rings. The normalized spacial score (nSPS) is 21.3. The number of nitrogens with one attached hydrogen (secondary N) is 1. The van der Waals surface area contributed by atoms with Crippen molar-refractivity contribution in [2.45, 2.75) is 24.7 Å². The van der Waals surface area contributed by atoms with E-state index in [1.807, 2.05) is 24.3 Å². The van der Waals surface area contributed by atoms with Gasteiger partial charge >= 0.3 is 5.97 Å². The molecule has 0 aromatic heterocycles. The molecular weight excluding hydrogens is 462 g/mol. The lowest BCUT2D eigenvalue weighted by atomic mass is 9.69. The van der Waals surface area contributed by atoms with Crippen molar-refractivity contribution in [2.75, 3.05) is 35.5 Å². The summed E-state index contributed by atoms with van der Waals surface area (Å²) in [6.07, 6.45) is 0.912. The van der Waals surface area contributed by atoms with Gasteiger partial charge in [-0.3, -0.25) is 9.59 Å². The van der Waals surface area contributed by atoms with Crippen LogP contribution in [0.3, 0.4) is 0 Å². The summed E-state index contributed by atoms with van der Waals surface area (Å²) in [6.45, 7) is 4.13. The van der Waals surface area contributed by atoms with E-state index in [9.17, 15) is 9.59 Å². The largest absolute Gasteiger partial charge is 0.497 e. The molecule has 0 saturated carbocycles. The van der Waals surface area contributed by atoms with E-state index in [-0.39, 0.29) is 11.7 Å². The number of esters is 1. The fraction of sp³-hybridized carbons (Fsp3) is 0.357. The zero-order valence-electron chi connectivity index (χ0n) is 21.2. The van der Waals surface area contributed by atoms with E-state index in [0.29, 0.717) is 46.9 Å². The maximum atomic E-state index is 13.7. The van der Waals surface area contributed by atoms with Crippen LogP contribution in [-0.2, 0) is 14.3 Å². The van der Waals surface area contributed by atoms with Crippen LogP contribution in [-0.4, -0.2) is 47.3 Å². The third kappa shape index (κ3) is 4.39. The molecule has 1 aliphatic heterocycles. The van der Waals surface area contributed by atoms with Crippen LogP contribution < -0.4 is 24.3 Å². The third-order valence-electron chi connectivity index (χ3n) is 6.93. The van der Waals surface area contributed by atoms with Gasteiger partial charge in [0, 0.05) is 29.3 Å². The number of hydrogen-bond donors (Lipinski definition) is 1. The van der Waals surface area contributed by atoms with Crippen LogP contribution in [0.2, 0.25) is 0 Å². The van der Waals surface area contributed by atoms with Gasteiger partial charge in [0.1, 0.15) is 11.7 Å². The Morgan fingerprint density at radius 3 is 2.06 bits per heavy atom. The minimum absolute atomic E-state index is 0.0160. The number of ketones is 1. The summed E-state index contributed by atoms with van der Waals surface area (Å²) in [6, 6.07) is 11.3. The molecule has 1 aliphatic carbocycles. The molecule has 2 aliphatic rings. The summed E-state index contributed by atoms with van der Waals surface area (Å²) < 4.78 is 26.9. The number of allylic oxidation sites excluding steroid dienone is 2. The Morgan fingerprint density at radius 1 is 0.889 bits per heavy atom. The van der Waals surface area contributed by atoms with Gasteiger partial charge < -0.3 is 29.0 Å². The number of rotatable bonds is 7. The van der Waals surface area contributed by atoms with Crippen LogP contribution in [0.25, 0.3) is 0 Å². The highest BCUT2D eigenvalue weighted by Crippen LogP contribution is 2.50. The molecule has 3 unspecified atom stereocenters. The van der Waals surface area contributed by atoms with E-state index in [0.717, 1.165) is 17.0 Å². The standard InChI is InChI=1S/C28H31NO7/c1-15-24(28(31)36-6)25(18-13-22(33-3)27(35-5)23(14-18)34-4)26-20(29-15)11-17(12-21(26)30)16-7-9-19(32-2)10-8-16/h7-10,13-14,17,24-25,29H,1,11-12H2,2-6H3. The van der Waals surface area contributed by atoms with Gasteiger partial charge in [0.2, 0.25) is 5.75 Å². The van der Waals surface area contributed by atoms with Crippen LogP contribution in [0.15, 0.2) is 59.9 Å². The predicted octanol–water partition coefficient (Wildman–Crippen LogP) is 4.11. The van der Waals surface area contributed by atoms with Gasteiger partial charge in [0.05, 0.1) is 35.5 Å². The lowest BCUT2D eigenvalue weighted by Gasteiger charge is -2.40. The summed E-state index contributed by atoms with van der Waals surface area (Å²) >= 11 is 0. The summed E-state index contributed by atoms with van der Waals surface area (Å²) in [5.74, 6) is 0.0769. The average Bonchev–Trinajstić information content (AvgIpc) is 2.90. The van der Waals surface area contributed by atoms with E-state index in [1.54, 1.807) is 19.2 Å². The van der Waals surface area contributed by atoms with Gasteiger partial charge in [0.25, 0.3) is 0 Å². The molecule has 0 saturated heterocycles. The van der Waals surface area contributed by atoms with E-state index in [2.05, 4.69) is 11.9 Å². The van der Waals surface area contributed by atoms with Crippen molar-refractivity contribution in [1.82, 2.24) is 5.32 Å². The monoisotopic (exact) mass is 493 g/mol. The van der Waals surface area contributed by atoms with Gasteiger partial charge in [-0.1, -0.05) is 18.7 Å². The van der Waals surface area contributed by atoms with Crippen LogP contribution in [0.1, 0.15) is 35.8 Å². The molecular formula is C28H31NO7. The Kier molecular flexibility index (Phi) is 7.24. The highest BCUT2D eigenvalue weighted by Gasteiger charge is 2.45. The molecule has 0 bridgehead atoms. The SMILES string of the molecule is C=C1NC2=C(C(=O)CC(c3ccc(OC)cc3)C2)C(c2cc(OC)c(OC)c(OC)c2)C1C(=O)OC. The molecule has 0 radical (unpaired) electrons. The molecule has 2 aromatic carbocycles. The number of carbonyl (C=O) groups is 2. The Labute approximate surface area is 210 Å². The first kappa shape index (κ1) is 25.2. The average molecular weight is 494 g/mol. The summed E-state index contributed by atoms with van der Waals surface area (Å²) in [7, 11) is 7.52. The Bertz CT molecular complexity index is 1190. The second-order valence-electron chi connectivity index (χ2n) is 8.78. The number of hydrogen-bond acceptors (Lipinski definition) is 8. The molecule has 190 valence electrons. The minimum atomic E-state index is -0.807. The molecule has 4 rings (SSSR count). The van der Waals surface area contributed by atoms with Gasteiger partial charge in [-0.25, -0.2) is 0 Å². The summed E-state index contributed by atoms with van der Waals surface area (Å²) in [5.41, 5.74) is 3.50. The number of methoxy groups -OCH3 is 5. The number of ether oxygens (including phenoxy) is 5. The highest BCUT2D eigenvalue weighted by atomic mass is 16.5. The molecule has 1 N–H and O–H groups in total. The second kappa shape index (κ2) is 10.4.